The van der Waals surface area contributed by atoms with E-state index in [-0.39, 0.29) is 0 Å². The lowest BCUT2D eigenvalue weighted by atomic mass is 10.00. The van der Waals surface area contributed by atoms with Crippen LogP contribution in [0.3, 0.4) is 0 Å². The van der Waals surface area contributed by atoms with Gasteiger partial charge in [-0.25, -0.2) is 0 Å². The Morgan fingerprint density at radius 2 is 2.08 bits per heavy atom. The van der Waals surface area contributed by atoms with Crippen molar-refractivity contribution in [2.24, 2.45) is 7.05 Å². The number of rotatable bonds is 1. The lowest BCUT2D eigenvalue weighted by molar-refractivity contribution is 0.107. The Kier molecular flexibility index (Phi) is 1.73. The third kappa shape index (κ3) is 1.17. The first kappa shape index (κ1) is 8.11. The molecule has 0 atom stereocenters. The van der Waals surface area contributed by atoms with E-state index in [1.54, 1.807) is 10.6 Å². The van der Waals surface area contributed by atoms with Gasteiger partial charge in [-0.05, 0) is 12.1 Å². The molecule has 13 heavy (non-hydrogen) atoms. The fraction of sp³-hybridized carbons (Fsp3) is 0.100. The fourth-order valence-electron chi connectivity index (χ4n) is 1.53. The summed E-state index contributed by atoms with van der Waals surface area (Å²) < 4.78 is 1.80. The van der Waals surface area contributed by atoms with Crippen LogP contribution in [0.4, 0.5) is 0 Å². The van der Waals surface area contributed by atoms with Crippen LogP contribution in [-0.4, -0.2) is 18.1 Å². The van der Waals surface area contributed by atoms with Crippen molar-refractivity contribution < 1.29 is 4.79 Å². The quantitative estimate of drug-likeness (QED) is 0.592. The lowest BCUT2D eigenvalue weighted by Gasteiger charge is -1.99. The van der Waals surface area contributed by atoms with Gasteiger partial charge in [-0.2, -0.15) is 0 Å². The van der Waals surface area contributed by atoms with Crippen LogP contribution >= 0.6 is 0 Å². The van der Waals surface area contributed by atoms with E-state index in [0.717, 1.165) is 10.9 Å². The molecule has 2 aromatic rings. The minimum Gasteiger partial charge on any atom is -0.342 e. The third-order valence-corrected chi connectivity index (χ3v) is 2.20. The van der Waals surface area contributed by atoms with E-state index < -0.39 is 5.68 Å². The SMILES string of the molecule is [B]C(=O)c1cc2ccccc2n1C. The summed E-state index contributed by atoms with van der Waals surface area (Å²) in [5.41, 5.74) is 1.18. The van der Waals surface area contributed by atoms with E-state index >= 15 is 0 Å². The maximum Gasteiger partial charge on any atom is 0.177 e. The number of nitrogens with zero attached hydrogens (tertiary/aromatic N) is 1. The number of aromatic nitrogens is 1. The molecule has 0 bridgehead atoms. The Morgan fingerprint density at radius 1 is 1.38 bits per heavy atom. The molecule has 0 aliphatic carbocycles. The molecule has 2 nitrogen and oxygen atoms in total. The van der Waals surface area contributed by atoms with Gasteiger partial charge in [0.15, 0.2) is 7.85 Å². The first-order valence-electron chi connectivity index (χ1n) is 4.04. The van der Waals surface area contributed by atoms with Gasteiger partial charge in [0.25, 0.3) is 0 Å². The molecule has 1 heterocycles. The van der Waals surface area contributed by atoms with Crippen molar-refractivity contribution in [1.29, 1.82) is 0 Å². The van der Waals surface area contributed by atoms with Crippen molar-refractivity contribution in [3.05, 3.63) is 36.0 Å². The van der Waals surface area contributed by atoms with Crippen LogP contribution in [0.2, 0.25) is 0 Å². The number of para-hydroxylation sites is 1. The molecule has 2 rings (SSSR count). The van der Waals surface area contributed by atoms with E-state index in [1.165, 1.54) is 0 Å². The minimum atomic E-state index is -0.390. The Labute approximate surface area is 77.6 Å². The highest BCUT2D eigenvalue weighted by atomic mass is 16.1. The average molecular weight is 169 g/mol. The molecule has 0 saturated heterocycles. The summed E-state index contributed by atoms with van der Waals surface area (Å²) in [7, 11) is 7.05. The minimum absolute atomic E-state index is 0.390. The number of benzene rings is 1. The van der Waals surface area contributed by atoms with Crippen LogP contribution in [0.25, 0.3) is 10.9 Å². The molecule has 0 aliphatic rings. The van der Waals surface area contributed by atoms with Crippen LogP contribution in [0.5, 0.6) is 0 Å². The Bertz CT molecular complexity index is 473. The molecule has 0 unspecified atom stereocenters. The molecule has 0 aliphatic heterocycles. The highest BCUT2D eigenvalue weighted by molar-refractivity contribution is 6.62. The van der Waals surface area contributed by atoms with Crippen LogP contribution in [0, 0.1) is 0 Å². The average Bonchev–Trinajstić information content (AvgIpc) is 2.45. The van der Waals surface area contributed by atoms with Crippen LogP contribution in [0.15, 0.2) is 30.3 Å². The third-order valence-electron chi connectivity index (χ3n) is 2.20. The number of carbonyl (C=O) groups is 1. The van der Waals surface area contributed by atoms with Crippen LogP contribution in [0.1, 0.15) is 10.5 Å². The van der Waals surface area contributed by atoms with Crippen LogP contribution in [-0.2, 0) is 7.05 Å². The predicted molar refractivity (Wildman–Crippen MR) is 53.0 cm³/mol. The number of hydrogen-bond acceptors (Lipinski definition) is 1. The highest BCUT2D eigenvalue weighted by Crippen LogP contribution is 2.17. The van der Waals surface area contributed by atoms with Gasteiger partial charge in [0.05, 0.1) is 5.69 Å². The van der Waals surface area contributed by atoms with Gasteiger partial charge in [0.2, 0.25) is 0 Å². The molecule has 0 amide bonds. The van der Waals surface area contributed by atoms with Crippen molar-refractivity contribution in [3.8, 4) is 0 Å². The van der Waals surface area contributed by atoms with E-state index in [9.17, 15) is 4.79 Å². The van der Waals surface area contributed by atoms with Crippen molar-refractivity contribution in [2.45, 2.75) is 0 Å². The monoisotopic (exact) mass is 169 g/mol. The van der Waals surface area contributed by atoms with Gasteiger partial charge in [0, 0.05) is 18.0 Å². The molecule has 1 aromatic carbocycles. The first-order valence-corrected chi connectivity index (χ1v) is 4.04. The molecule has 0 spiro atoms. The topological polar surface area (TPSA) is 22.0 Å². The summed E-state index contributed by atoms with van der Waals surface area (Å²) in [6.45, 7) is 0. The Hall–Kier alpha value is -1.51. The summed E-state index contributed by atoms with van der Waals surface area (Å²) in [4.78, 5) is 11.0. The molecule has 0 saturated carbocycles. The van der Waals surface area contributed by atoms with Gasteiger partial charge in [-0.1, -0.05) is 18.2 Å². The summed E-state index contributed by atoms with van der Waals surface area (Å²) in [6.07, 6.45) is 0. The van der Waals surface area contributed by atoms with Crippen molar-refractivity contribution in [2.75, 3.05) is 0 Å². The zero-order chi connectivity index (χ0) is 9.42. The molecule has 3 heteroatoms. The number of carbonyl (C=O) groups excluding carboxylic acids is 1. The normalized spacial score (nSPS) is 10.5. The zero-order valence-electron chi connectivity index (χ0n) is 7.32. The Balaban J connectivity index is 2.81. The van der Waals surface area contributed by atoms with Gasteiger partial charge < -0.3 is 9.36 Å². The smallest absolute Gasteiger partial charge is 0.177 e. The van der Waals surface area contributed by atoms with E-state index in [0.29, 0.717) is 5.69 Å². The van der Waals surface area contributed by atoms with E-state index in [1.807, 2.05) is 31.3 Å². The zero-order valence-corrected chi connectivity index (χ0v) is 7.32. The largest absolute Gasteiger partial charge is 0.342 e. The van der Waals surface area contributed by atoms with Crippen LogP contribution < -0.4 is 0 Å². The molecule has 0 N–H and O–H groups in total. The molecule has 2 radical (unpaired) electrons. The standard InChI is InChI=1S/C10H8BNO/c1-12-8-5-3-2-4-7(8)6-9(12)10(11)13/h2-6H,1H3. The van der Waals surface area contributed by atoms with E-state index in [2.05, 4.69) is 0 Å². The second-order valence-corrected chi connectivity index (χ2v) is 3.01. The van der Waals surface area contributed by atoms with Gasteiger partial charge in [0.1, 0.15) is 5.68 Å². The molecule has 1 aromatic heterocycles. The van der Waals surface area contributed by atoms with E-state index in [4.69, 9.17) is 7.85 Å². The second-order valence-electron chi connectivity index (χ2n) is 3.01. The number of aryl methyl sites for hydroxylation is 1. The maximum atomic E-state index is 11.0. The summed E-state index contributed by atoms with van der Waals surface area (Å²) in [6, 6.07) is 9.60. The maximum absolute atomic E-state index is 11.0. The number of fused-ring (bicyclic) bond motifs is 1. The second kappa shape index (κ2) is 2.77. The summed E-state index contributed by atoms with van der Waals surface area (Å²) >= 11 is 0. The molecule has 62 valence electrons. The van der Waals surface area contributed by atoms with Crippen molar-refractivity contribution in [3.63, 3.8) is 0 Å². The fourth-order valence-corrected chi connectivity index (χ4v) is 1.53. The Morgan fingerprint density at radius 3 is 2.69 bits per heavy atom. The van der Waals surface area contributed by atoms with Gasteiger partial charge in [-0.15, -0.1) is 0 Å². The lowest BCUT2D eigenvalue weighted by Crippen LogP contribution is -2.04. The highest BCUT2D eigenvalue weighted by Gasteiger charge is 2.07. The number of hydrogen-bond donors (Lipinski definition) is 0. The predicted octanol–water partition coefficient (Wildman–Crippen LogP) is 1.49. The van der Waals surface area contributed by atoms with Gasteiger partial charge >= 0.3 is 0 Å². The van der Waals surface area contributed by atoms with Crippen molar-refractivity contribution >= 4 is 24.4 Å². The van der Waals surface area contributed by atoms with Crippen molar-refractivity contribution in [1.82, 2.24) is 4.57 Å². The molecular weight excluding hydrogens is 161 g/mol. The first-order chi connectivity index (χ1) is 6.20. The molecule has 0 fully saturated rings. The van der Waals surface area contributed by atoms with Gasteiger partial charge in [-0.3, -0.25) is 0 Å². The molecular formula is C10H8BNO. The summed E-state index contributed by atoms with van der Waals surface area (Å²) in [5.74, 6) is 0. The summed E-state index contributed by atoms with van der Waals surface area (Å²) in [5, 5.41) is 1.04.